The molecule has 2 heteroatoms. The van der Waals surface area contributed by atoms with Crippen molar-refractivity contribution in [1.29, 1.82) is 0 Å². The van der Waals surface area contributed by atoms with Crippen LogP contribution < -0.4 is 0 Å². The summed E-state index contributed by atoms with van der Waals surface area (Å²) >= 11 is 0. The molecule has 1 aliphatic carbocycles. The van der Waals surface area contributed by atoms with Crippen molar-refractivity contribution in [3.63, 3.8) is 0 Å². The van der Waals surface area contributed by atoms with E-state index in [2.05, 4.69) is 26.5 Å². The molecule has 0 aromatic rings. The molecule has 0 aromatic carbocycles. The van der Waals surface area contributed by atoms with E-state index in [1.54, 1.807) is 0 Å². The van der Waals surface area contributed by atoms with Crippen molar-refractivity contribution in [2.45, 2.75) is 64.6 Å². The Labute approximate surface area is 117 Å². The highest BCUT2D eigenvalue weighted by Gasteiger charge is 2.37. The fourth-order valence-electron chi connectivity index (χ4n) is 2.75. The van der Waals surface area contributed by atoms with E-state index in [9.17, 15) is 0 Å². The molecule has 1 aliphatic heterocycles. The fraction of sp³-hybridized carbons (Fsp3) is 0.765. The first-order chi connectivity index (χ1) is 9.05. The van der Waals surface area contributed by atoms with Gasteiger partial charge in [0.05, 0.1) is 13.2 Å². The fourth-order valence-corrected chi connectivity index (χ4v) is 2.75. The molecule has 2 nitrogen and oxygen atoms in total. The number of hydrogen-bond acceptors (Lipinski definition) is 2. The Morgan fingerprint density at radius 1 is 0.947 bits per heavy atom. The summed E-state index contributed by atoms with van der Waals surface area (Å²) in [5.41, 5.74) is 1.59. The minimum absolute atomic E-state index is 0.103. The predicted molar refractivity (Wildman–Crippen MR) is 79.0 cm³/mol. The highest BCUT2D eigenvalue weighted by molar-refractivity contribution is 5.16. The van der Waals surface area contributed by atoms with Gasteiger partial charge in [0.2, 0.25) is 5.79 Å². The first-order valence-electron chi connectivity index (χ1n) is 7.67. The summed E-state index contributed by atoms with van der Waals surface area (Å²) in [4.78, 5) is 0. The van der Waals surface area contributed by atoms with E-state index in [1.165, 1.54) is 50.5 Å². The van der Waals surface area contributed by atoms with Crippen LogP contribution >= 0.6 is 0 Å². The maximum absolute atomic E-state index is 5.99. The molecule has 0 N–H and O–H groups in total. The maximum atomic E-state index is 5.99. The van der Waals surface area contributed by atoms with E-state index < -0.39 is 5.79 Å². The highest BCUT2D eigenvalue weighted by atomic mass is 16.7. The molecule has 0 unspecified atom stereocenters. The van der Waals surface area contributed by atoms with Crippen LogP contribution in [0.4, 0.5) is 0 Å². The summed E-state index contributed by atoms with van der Waals surface area (Å²) in [7, 11) is 0. The lowest BCUT2D eigenvalue weighted by atomic mass is 9.92. The van der Waals surface area contributed by atoms with Gasteiger partial charge in [0.1, 0.15) is 0 Å². The molecule has 1 heterocycles. The maximum Gasteiger partial charge on any atom is 0.207 e. The van der Waals surface area contributed by atoms with Crippen LogP contribution in [-0.4, -0.2) is 19.0 Å². The third kappa shape index (κ3) is 4.19. The van der Waals surface area contributed by atoms with E-state index in [-0.39, 0.29) is 5.41 Å². The second-order valence-corrected chi connectivity index (χ2v) is 6.74. The summed E-state index contributed by atoms with van der Waals surface area (Å²) in [5, 5.41) is 0. The Bertz CT molecular complexity index is 321. The smallest absolute Gasteiger partial charge is 0.207 e. The minimum Gasteiger partial charge on any atom is -0.342 e. The van der Waals surface area contributed by atoms with Gasteiger partial charge in [-0.1, -0.05) is 45.3 Å². The van der Waals surface area contributed by atoms with Gasteiger partial charge >= 0.3 is 0 Å². The molecule has 1 saturated carbocycles. The van der Waals surface area contributed by atoms with Crippen molar-refractivity contribution in [1.82, 2.24) is 0 Å². The van der Waals surface area contributed by atoms with Gasteiger partial charge < -0.3 is 9.47 Å². The topological polar surface area (TPSA) is 18.5 Å². The SMILES string of the molecule is C=CC1(C=C2CCCCCCC2)OCC(C)(C)CO1. The predicted octanol–water partition coefficient (Wildman–Crippen LogP) is 4.61. The van der Waals surface area contributed by atoms with Crippen molar-refractivity contribution in [2.24, 2.45) is 5.41 Å². The van der Waals surface area contributed by atoms with E-state index in [0.717, 1.165) is 13.2 Å². The molecule has 0 radical (unpaired) electrons. The molecule has 2 fully saturated rings. The van der Waals surface area contributed by atoms with Gasteiger partial charge in [-0.15, -0.1) is 0 Å². The lowest BCUT2D eigenvalue weighted by molar-refractivity contribution is -0.245. The van der Waals surface area contributed by atoms with Gasteiger partial charge in [-0.3, -0.25) is 0 Å². The van der Waals surface area contributed by atoms with Crippen LogP contribution in [0.5, 0.6) is 0 Å². The third-order valence-electron chi connectivity index (χ3n) is 4.06. The van der Waals surface area contributed by atoms with Gasteiger partial charge in [0.15, 0.2) is 0 Å². The second kappa shape index (κ2) is 6.23. The van der Waals surface area contributed by atoms with Gasteiger partial charge in [0, 0.05) is 5.41 Å². The molecule has 2 rings (SSSR count). The Balaban J connectivity index is 2.06. The van der Waals surface area contributed by atoms with E-state index in [1.807, 2.05) is 6.08 Å². The summed E-state index contributed by atoms with van der Waals surface area (Å²) in [5.74, 6) is -0.677. The third-order valence-corrected chi connectivity index (χ3v) is 4.06. The van der Waals surface area contributed by atoms with Crippen LogP contribution in [0.3, 0.4) is 0 Å². The van der Waals surface area contributed by atoms with Gasteiger partial charge in [-0.2, -0.15) is 0 Å². The monoisotopic (exact) mass is 264 g/mol. The van der Waals surface area contributed by atoms with Crippen molar-refractivity contribution < 1.29 is 9.47 Å². The largest absolute Gasteiger partial charge is 0.342 e. The van der Waals surface area contributed by atoms with Crippen LogP contribution in [0.15, 0.2) is 24.3 Å². The average Bonchev–Trinajstić information content (AvgIpc) is 2.35. The van der Waals surface area contributed by atoms with Crippen LogP contribution in [0.25, 0.3) is 0 Å². The molecule has 0 aromatic heterocycles. The first kappa shape index (κ1) is 14.8. The van der Waals surface area contributed by atoms with Crippen LogP contribution in [0.2, 0.25) is 0 Å². The van der Waals surface area contributed by atoms with Crippen molar-refractivity contribution in [2.75, 3.05) is 13.2 Å². The van der Waals surface area contributed by atoms with Gasteiger partial charge in [-0.05, 0) is 37.8 Å². The van der Waals surface area contributed by atoms with Gasteiger partial charge in [0.25, 0.3) is 0 Å². The van der Waals surface area contributed by atoms with E-state index >= 15 is 0 Å². The lowest BCUT2D eigenvalue weighted by Gasteiger charge is -2.40. The zero-order valence-corrected chi connectivity index (χ0v) is 12.5. The number of hydrogen-bond donors (Lipinski definition) is 0. The summed E-state index contributed by atoms with van der Waals surface area (Å²) < 4.78 is 12.0. The van der Waals surface area contributed by atoms with E-state index in [0.29, 0.717) is 0 Å². The van der Waals surface area contributed by atoms with Crippen LogP contribution in [-0.2, 0) is 9.47 Å². The minimum atomic E-state index is -0.677. The molecule has 0 bridgehead atoms. The van der Waals surface area contributed by atoms with Crippen molar-refractivity contribution in [3.8, 4) is 0 Å². The van der Waals surface area contributed by atoms with Gasteiger partial charge in [-0.25, -0.2) is 0 Å². The Kier molecular flexibility index (Phi) is 4.86. The summed E-state index contributed by atoms with van der Waals surface area (Å²) in [6.07, 6.45) is 13.1. The molecule has 0 spiro atoms. The molecular formula is C17H28O2. The second-order valence-electron chi connectivity index (χ2n) is 6.74. The Hall–Kier alpha value is -0.600. The standard InChI is InChI=1S/C17H28O2/c1-4-17(18-13-16(2,3)14-19-17)12-15-10-8-6-5-7-9-11-15/h4,12H,1,5-11,13-14H2,2-3H3. The molecule has 0 amide bonds. The number of rotatable bonds is 2. The molecule has 108 valence electrons. The molecular weight excluding hydrogens is 236 g/mol. The molecule has 2 aliphatic rings. The normalized spacial score (nSPS) is 27.2. The zero-order valence-electron chi connectivity index (χ0n) is 12.5. The summed E-state index contributed by atoms with van der Waals surface area (Å²) in [6, 6.07) is 0. The van der Waals surface area contributed by atoms with E-state index in [4.69, 9.17) is 9.47 Å². The molecule has 19 heavy (non-hydrogen) atoms. The highest BCUT2D eigenvalue weighted by Crippen LogP contribution is 2.33. The molecule has 0 atom stereocenters. The lowest BCUT2D eigenvalue weighted by Crippen LogP contribution is -2.45. The number of allylic oxidation sites excluding steroid dienone is 1. The zero-order chi connectivity index (χ0) is 13.8. The Morgan fingerprint density at radius 3 is 2.00 bits per heavy atom. The first-order valence-corrected chi connectivity index (χ1v) is 7.67. The number of ether oxygens (including phenoxy) is 2. The van der Waals surface area contributed by atoms with Crippen LogP contribution in [0, 0.1) is 5.41 Å². The molecule has 1 saturated heterocycles. The summed E-state index contributed by atoms with van der Waals surface area (Å²) in [6.45, 7) is 9.71. The quantitative estimate of drug-likeness (QED) is 0.678. The average molecular weight is 264 g/mol. The van der Waals surface area contributed by atoms with Crippen molar-refractivity contribution >= 4 is 0 Å². The van der Waals surface area contributed by atoms with Crippen LogP contribution in [0.1, 0.15) is 58.8 Å². The van der Waals surface area contributed by atoms with Crippen molar-refractivity contribution in [3.05, 3.63) is 24.3 Å². The Morgan fingerprint density at radius 2 is 1.47 bits per heavy atom.